The van der Waals surface area contributed by atoms with E-state index in [9.17, 15) is 10.1 Å². The number of carbonyl (C=O) groups is 1. The predicted octanol–water partition coefficient (Wildman–Crippen LogP) is 3.85. The molecule has 10 heteroatoms. The molecule has 0 atom stereocenters. The number of nitrogens with zero attached hydrogens (tertiary/aromatic N) is 6. The second-order valence-electron chi connectivity index (χ2n) is 8.30. The lowest BCUT2D eigenvalue weighted by molar-refractivity contribution is 0.0766. The Balaban J connectivity index is 1.47. The lowest BCUT2D eigenvalue weighted by Crippen LogP contribution is -2.34. The van der Waals surface area contributed by atoms with Crippen molar-refractivity contribution in [3.63, 3.8) is 0 Å². The molecule has 4 aromatic rings. The van der Waals surface area contributed by atoms with E-state index in [0.717, 1.165) is 30.0 Å². The Kier molecular flexibility index (Phi) is 6.35. The standard InChI is InChI=1S/C25H23N7O2S/c1-15-6-11-35-22(15)24-31-30-23(34-24)21-16(2)28-14-20(29-21)19-5-4-17(12-18(19)13-26)25(33)32-9-3-7-27-8-10-32/h4-6,11-12,14,27H,3,7-10H2,1-2H3. The van der Waals surface area contributed by atoms with E-state index >= 15 is 0 Å². The summed E-state index contributed by atoms with van der Waals surface area (Å²) < 4.78 is 5.92. The summed E-state index contributed by atoms with van der Waals surface area (Å²) in [7, 11) is 0. The maximum atomic E-state index is 13.0. The molecule has 0 aliphatic carbocycles. The number of thiophene rings is 1. The smallest absolute Gasteiger partial charge is 0.268 e. The highest BCUT2D eigenvalue weighted by Crippen LogP contribution is 2.31. The molecule has 0 unspecified atom stereocenters. The lowest BCUT2D eigenvalue weighted by Gasteiger charge is -2.20. The van der Waals surface area contributed by atoms with Crippen LogP contribution in [0, 0.1) is 25.2 Å². The van der Waals surface area contributed by atoms with E-state index in [1.165, 1.54) is 11.3 Å². The summed E-state index contributed by atoms with van der Waals surface area (Å²) in [6.45, 7) is 6.80. The fourth-order valence-electron chi connectivity index (χ4n) is 4.01. The Morgan fingerprint density at radius 1 is 1.17 bits per heavy atom. The summed E-state index contributed by atoms with van der Waals surface area (Å²) in [6.07, 6.45) is 2.51. The second-order valence-corrected chi connectivity index (χ2v) is 9.22. The molecule has 1 amide bonds. The van der Waals surface area contributed by atoms with Gasteiger partial charge in [0.2, 0.25) is 0 Å². The first-order valence-electron chi connectivity index (χ1n) is 11.3. The number of nitrogens with one attached hydrogen (secondary N) is 1. The largest absolute Gasteiger partial charge is 0.414 e. The van der Waals surface area contributed by atoms with Gasteiger partial charge in [0.15, 0.2) is 0 Å². The van der Waals surface area contributed by atoms with Crippen molar-refractivity contribution in [2.75, 3.05) is 26.2 Å². The summed E-state index contributed by atoms with van der Waals surface area (Å²) in [5.41, 5.74) is 4.07. The normalized spacial score (nSPS) is 13.9. The number of benzene rings is 1. The molecule has 0 radical (unpaired) electrons. The minimum atomic E-state index is -0.0744. The fraction of sp³-hybridized carbons (Fsp3) is 0.280. The molecule has 4 heterocycles. The Hall–Kier alpha value is -3.94. The van der Waals surface area contributed by atoms with Crippen molar-refractivity contribution in [3.8, 4) is 39.7 Å². The molecule has 35 heavy (non-hydrogen) atoms. The summed E-state index contributed by atoms with van der Waals surface area (Å²) in [4.78, 5) is 24.9. The average Bonchev–Trinajstić information content (AvgIpc) is 3.44. The van der Waals surface area contributed by atoms with Crippen LogP contribution >= 0.6 is 11.3 Å². The number of aryl methyl sites for hydroxylation is 2. The zero-order valence-electron chi connectivity index (χ0n) is 19.4. The zero-order chi connectivity index (χ0) is 24.4. The van der Waals surface area contributed by atoms with Gasteiger partial charge in [-0.2, -0.15) is 5.26 Å². The van der Waals surface area contributed by atoms with E-state index in [4.69, 9.17) is 9.40 Å². The van der Waals surface area contributed by atoms with Crippen LogP contribution in [0.5, 0.6) is 0 Å². The van der Waals surface area contributed by atoms with Gasteiger partial charge in [0.1, 0.15) is 5.69 Å². The van der Waals surface area contributed by atoms with Crippen molar-refractivity contribution in [2.45, 2.75) is 20.3 Å². The van der Waals surface area contributed by atoms with Crippen molar-refractivity contribution < 1.29 is 9.21 Å². The molecule has 0 saturated carbocycles. The van der Waals surface area contributed by atoms with Gasteiger partial charge in [-0.25, -0.2) is 4.98 Å². The first kappa shape index (κ1) is 22.8. The van der Waals surface area contributed by atoms with Gasteiger partial charge in [-0.05, 0) is 56.0 Å². The molecule has 5 rings (SSSR count). The number of amides is 1. The van der Waals surface area contributed by atoms with Gasteiger partial charge in [-0.3, -0.25) is 9.78 Å². The molecule has 1 saturated heterocycles. The van der Waals surface area contributed by atoms with Gasteiger partial charge in [0.25, 0.3) is 17.7 Å². The van der Waals surface area contributed by atoms with Crippen LogP contribution in [0.2, 0.25) is 0 Å². The minimum Gasteiger partial charge on any atom is -0.414 e. The van der Waals surface area contributed by atoms with E-state index in [-0.39, 0.29) is 11.8 Å². The Bertz CT molecular complexity index is 1430. The van der Waals surface area contributed by atoms with Crippen LogP contribution in [-0.4, -0.2) is 57.2 Å². The molecule has 0 spiro atoms. The van der Waals surface area contributed by atoms with Crippen molar-refractivity contribution in [1.82, 2.24) is 30.4 Å². The molecule has 1 aromatic carbocycles. The highest BCUT2D eigenvalue weighted by atomic mass is 32.1. The number of rotatable bonds is 4. The van der Waals surface area contributed by atoms with Gasteiger partial charge in [0.05, 0.1) is 34.1 Å². The van der Waals surface area contributed by atoms with Gasteiger partial charge < -0.3 is 14.6 Å². The predicted molar refractivity (Wildman–Crippen MR) is 132 cm³/mol. The van der Waals surface area contributed by atoms with Gasteiger partial charge in [-0.15, -0.1) is 21.5 Å². The Labute approximate surface area is 206 Å². The molecule has 1 N–H and O–H groups in total. The van der Waals surface area contributed by atoms with E-state index in [0.29, 0.717) is 52.8 Å². The molecular formula is C25H23N7O2S. The maximum absolute atomic E-state index is 13.0. The number of aromatic nitrogens is 4. The molecule has 0 bridgehead atoms. The van der Waals surface area contributed by atoms with Crippen molar-refractivity contribution in [1.29, 1.82) is 5.26 Å². The minimum absolute atomic E-state index is 0.0744. The second kappa shape index (κ2) is 9.74. The van der Waals surface area contributed by atoms with Gasteiger partial charge in [-0.1, -0.05) is 6.07 Å². The van der Waals surface area contributed by atoms with Crippen molar-refractivity contribution in [2.24, 2.45) is 0 Å². The van der Waals surface area contributed by atoms with Crippen LogP contribution in [0.15, 0.2) is 40.3 Å². The van der Waals surface area contributed by atoms with Crippen molar-refractivity contribution in [3.05, 3.63) is 58.2 Å². The number of hydrogen-bond donors (Lipinski definition) is 1. The third kappa shape index (κ3) is 4.56. The molecule has 9 nitrogen and oxygen atoms in total. The highest BCUT2D eigenvalue weighted by molar-refractivity contribution is 7.13. The summed E-state index contributed by atoms with van der Waals surface area (Å²) >= 11 is 1.53. The van der Waals surface area contributed by atoms with Crippen LogP contribution < -0.4 is 5.32 Å². The maximum Gasteiger partial charge on any atom is 0.268 e. The first-order chi connectivity index (χ1) is 17.0. The van der Waals surface area contributed by atoms with Gasteiger partial charge in [0, 0.05) is 30.8 Å². The zero-order valence-corrected chi connectivity index (χ0v) is 20.2. The Morgan fingerprint density at radius 3 is 2.83 bits per heavy atom. The molecule has 1 fully saturated rings. The van der Waals surface area contributed by atoms with E-state index in [1.807, 2.05) is 30.2 Å². The third-order valence-corrected chi connectivity index (χ3v) is 6.93. The van der Waals surface area contributed by atoms with Crippen LogP contribution in [0.1, 0.15) is 33.6 Å². The van der Waals surface area contributed by atoms with Crippen LogP contribution in [0.3, 0.4) is 0 Å². The number of hydrogen-bond acceptors (Lipinski definition) is 9. The van der Waals surface area contributed by atoms with Crippen molar-refractivity contribution >= 4 is 17.2 Å². The molecule has 1 aliphatic rings. The topological polar surface area (TPSA) is 121 Å². The first-order valence-corrected chi connectivity index (χ1v) is 12.2. The number of nitriles is 1. The van der Waals surface area contributed by atoms with Crippen LogP contribution in [0.4, 0.5) is 0 Å². The molecule has 176 valence electrons. The monoisotopic (exact) mass is 485 g/mol. The van der Waals surface area contributed by atoms with E-state index in [1.54, 1.807) is 24.4 Å². The van der Waals surface area contributed by atoms with E-state index < -0.39 is 0 Å². The molecule has 3 aromatic heterocycles. The average molecular weight is 486 g/mol. The van der Waals surface area contributed by atoms with Crippen LogP contribution in [-0.2, 0) is 0 Å². The molecular weight excluding hydrogens is 462 g/mol. The van der Waals surface area contributed by atoms with Gasteiger partial charge >= 0.3 is 0 Å². The quantitative estimate of drug-likeness (QED) is 0.463. The molecule has 1 aliphatic heterocycles. The Morgan fingerprint density at radius 2 is 2.03 bits per heavy atom. The van der Waals surface area contributed by atoms with E-state index in [2.05, 4.69) is 26.6 Å². The highest BCUT2D eigenvalue weighted by Gasteiger charge is 2.21. The lowest BCUT2D eigenvalue weighted by atomic mass is 10.0. The fourth-order valence-corrected chi connectivity index (χ4v) is 4.85. The summed E-state index contributed by atoms with van der Waals surface area (Å²) in [6, 6.07) is 9.32. The summed E-state index contributed by atoms with van der Waals surface area (Å²) in [5, 5.41) is 23.5. The number of carbonyl (C=O) groups excluding carboxylic acids is 1. The van der Waals surface area contributed by atoms with Crippen LogP contribution in [0.25, 0.3) is 33.6 Å². The SMILES string of the molecule is Cc1ccsc1-c1nnc(-c2nc(-c3ccc(C(=O)N4CCCNCC4)cc3C#N)cnc2C)o1. The third-order valence-electron chi connectivity index (χ3n) is 5.93. The summed E-state index contributed by atoms with van der Waals surface area (Å²) in [5.74, 6) is 0.623.